The molecule has 4 nitrogen and oxygen atoms in total. The first-order valence-corrected chi connectivity index (χ1v) is 8.49. The van der Waals surface area contributed by atoms with Crippen LogP contribution in [0.5, 0.6) is 0 Å². The Morgan fingerprint density at radius 2 is 1.96 bits per heavy atom. The molecule has 0 bridgehead atoms. The maximum atomic E-state index is 13.6. The number of rotatable bonds is 3. The Morgan fingerprint density at radius 3 is 2.64 bits per heavy atom. The average molecular weight is 380 g/mol. The molecule has 25 heavy (non-hydrogen) atoms. The highest BCUT2D eigenvalue weighted by Gasteiger charge is 2.15. The Bertz CT molecular complexity index is 826. The predicted octanol–water partition coefficient (Wildman–Crippen LogP) is 5.05. The standard InChI is InChI=1S/C18H16Cl2FN3O/c19-12-2-1-3-14(10-12)23-18(25)22-13-6-8-24(9-7-13)15-4-5-16(20)17(21)11-15/h1-6,10-11H,7-9H2,(H2,22,23,25). The number of carbonyl (C=O) groups excluding carboxylic acids is 1. The van der Waals surface area contributed by atoms with Crippen molar-refractivity contribution in [1.29, 1.82) is 0 Å². The number of nitrogens with zero attached hydrogens (tertiary/aromatic N) is 1. The molecule has 2 N–H and O–H groups in total. The summed E-state index contributed by atoms with van der Waals surface area (Å²) >= 11 is 11.6. The highest BCUT2D eigenvalue weighted by molar-refractivity contribution is 6.31. The van der Waals surface area contributed by atoms with Gasteiger partial charge in [-0.05, 0) is 42.5 Å². The molecule has 0 radical (unpaired) electrons. The lowest BCUT2D eigenvalue weighted by atomic mass is 10.1. The molecule has 130 valence electrons. The van der Waals surface area contributed by atoms with E-state index in [0.29, 0.717) is 30.2 Å². The van der Waals surface area contributed by atoms with Crippen molar-refractivity contribution in [1.82, 2.24) is 5.32 Å². The summed E-state index contributed by atoms with van der Waals surface area (Å²) in [6, 6.07) is 11.4. The average Bonchev–Trinajstić information content (AvgIpc) is 2.58. The fourth-order valence-corrected chi connectivity index (χ4v) is 2.88. The van der Waals surface area contributed by atoms with Crippen LogP contribution >= 0.6 is 23.2 Å². The van der Waals surface area contributed by atoms with E-state index in [1.54, 1.807) is 36.4 Å². The van der Waals surface area contributed by atoms with E-state index in [4.69, 9.17) is 23.2 Å². The predicted molar refractivity (Wildman–Crippen MR) is 99.9 cm³/mol. The summed E-state index contributed by atoms with van der Waals surface area (Å²) in [7, 11) is 0. The van der Waals surface area contributed by atoms with Gasteiger partial charge in [-0.2, -0.15) is 0 Å². The molecule has 3 rings (SSSR count). The summed E-state index contributed by atoms with van der Waals surface area (Å²) in [5, 5.41) is 6.22. The molecule has 0 atom stereocenters. The zero-order chi connectivity index (χ0) is 17.8. The molecule has 2 aromatic carbocycles. The van der Waals surface area contributed by atoms with Crippen LogP contribution < -0.4 is 15.5 Å². The summed E-state index contributed by atoms with van der Waals surface area (Å²) < 4.78 is 13.6. The SMILES string of the molecule is O=C(NC1=CCN(c2ccc(Cl)c(F)c2)CC1)Nc1cccc(Cl)c1. The molecular formula is C18H16Cl2FN3O. The number of urea groups is 1. The van der Waals surface area contributed by atoms with Crippen molar-refractivity contribution < 1.29 is 9.18 Å². The summed E-state index contributed by atoms with van der Waals surface area (Å²) in [5.74, 6) is -0.437. The van der Waals surface area contributed by atoms with E-state index < -0.39 is 5.82 Å². The summed E-state index contributed by atoms with van der Waals surface area (Å²) in [6.07, 6.45) is 2.56. The third kappa shape index (κ3) is 4.65. The summed E-state index contributed by atoms with van der Waals surface area (Å²) in [4.78, 5) is 14.1. The smallest absolute Gasteiger partial charge is 0.323 e. The highest BCUT2D eigenvalue weighted by Crippen LogP contribution is 2.24. The van der Waals surface area contributed by atoms with Gasteiger partial charge in [0.05, 0.1) is 5.02 Å². The van der Waals surface area contributed by atoms with Crippen molar-refractivity contribution in [3.05, 3.63) is 70.1 Å². The van der Waals surface area contributed by atoms with Crippen molar-refractivity contribution >= 4 is 40.6 Å². The van der Waals surface area contributed by atoms with E-state index >= 15 is 0 Å². The number of hydrogen-bond acceptors (Lipinski definition) is 2. The summed E-state index contributed by atoms with van der Waals surface area (Å²) in [5.41, 5.74) is 2.21. The molecule has 0 saturated heterocycles. The third-order valence-electron chi connectivity index (χ3n) is 3.83. The zero-order valence-corrected chi connectivity index (χ0v) is 14.7. The van der Waals surface area contributed by atoms with Gasteiger partial charge in [-0.1, -0.05) is 29.3 Å². The van der Waals surface area contributed by atoms with Gasteiger partial charge >= 0.3 is 6.03 Å². The molecule has 0 unspecified atom stereocenters. The third-order valence-corrected chi connectivity index (χ3v) is 4.38. The second-order valence-electron chi connectivity index (χ2n) is 5.61. The van der Waals surface area contributed by atoms with Crippen molar-refractivity contribution in [3.8, 4) is 0 Å². The number of anilines is 2. The lowest BCUT2D eigenvalue weighted by Gasteiger charge is -2.28. The van der Waals surface area contributed by atoms with Crippen LogP contribution in [0.1, 0.15) is 6.42 Å². The van der Waals surface area contributed by atoms with Crippen LogP contribution in [0, 0.1) is 5.82 Å². The Hall–Kier alpha value is -2.24. The minimum absolute atomic E-state index is 0.108. The van der Waals surface area contributed by atoms with E-state index in [1.165, 1.54) is 6.07 Å². The van der Waals surface area contributed by atoms with E-state index in [1.807, 2.05) is 11.0 Å². The lowest BCUT2D eigenvalue weighted by molar-refractivity contribution is 0.254. The van der Waals surface area contributed by atoms with Crippen LogP contribution in [0.2, 0.25) is 10.0 Å². The van der Waals surface area contributed by atoms with E-state index in [-0.39, 0.29) is 11.1 Å². The van der Waals surface area contributed by atoms with Gasteiger partial charge in [-0.3, -0.25) is 0 Å². The van der Waals surface area contributed by atoms with Gasteiger partial charge in [0.25, 0.3) is 0 Å². The topological polar surface area (TPSA) is 44.4 Å². The first-order valence-electron chi connectivity index (χ1n) is 7.74. The number of halogens is 3. The van der Waals surface area contributed by atoms with Crippen LogP contribution in [-0.2, 0) is 0 Å². The first-order chi connectivity index (χ1) is 12.0. The van der Waals surface area contributed by atoms with Crippen molar-refractivity contribution in [3.63, 3.8) is 0 Å². The molecule has 0 fully saturated rings. The van der Waals surface area contributed by atoms with Gasteiger partial charge in [0.2, 0.25) is 0 Å². The van der Waals surface area contributed by atoms with Crippen LogP contribution in [0.15, 0.2) is 54.2 Å². The van der Waals surface area contributed by atoms with E-state index in [0.717, 1.165) is 11.4 Å². The maximum absolute atomic E-state index is 13.6. The number of nitrogens with one attached hydrogen (secondary N) is 2. The van der Waals surface area contributed by atoms with Crippen LogP contribution in [-0.4, -0.2) is 19.1 Å². The van der Waals surface area contributed by atoms with Gasteiger partial charge in [-0.25, -0.2) is 9.18 Å². The molecule has 1 heterocycles. The van der Waals surface area contributed by atoms with Gasteiger partial charge in [0, 0.05) is 41.6 Å². The molecule has 1 aliphatic rings. The molecule has 0 aliphatic carbocycles. The minimum Gasteiger partial charge on any atom is -0.367 e. The molecule has 7 heteroatoms. The van der Waals surface area contributed by atoms with Gasteiger partial charge in [-0.15, -0.1) is 0 Å². The van der Waals surface area contributed by atoms with E-state index in [9.17, 15) is 9.18 Å². The quantitative estimate of drug-likeness (QED) is 0.783. The van der Waals surface area contributed by atoms with Crippen molar-refractivity contribution in [2.75, 3.05) is 23.3 Å². The van der Waals surface area contributed by atoms with Crippen LogP contribution in [0.3, 0.4) is 0 Å². The molecular weight excluding hydrogens is 364 g/mol. The molecule has 2 amide bonds. The number of benzene rings is 2. The normalized spacial score (nSPS) is 14.0. The highest BCUT2D eigenvalue weighted by atomic mass is 35.5. The molecule has 2 aromatic rings. The van der Waals surface area contributed by atoms with Gasteiger partial charge in [0.15, 0.2) is 0 Å². The Balaban J connectivity index is 1.57. The van der Waals surface area contributed by atoms with Gasteiger partial charge < -0.3 is 15.5 Å². The van der Waals surface area contributed by atoms with Crippen LogP contribution in [0.4, 0.5) is 20.6 Å². The fraction of sp³-hybridized carbons (Fsp3) is 0.167. The molecule has 0 spiro atoms. The summed E-state index contributed by atoms with van der Waals surface area (Å²) in [6.45, 7) is 1.25. The lowest BCUT2D eigenvalue weighted by Crippen LogP contribution is -2.35. The maximum Gasteiger partial charge on any atom is 0.323 e. The molecule has 1 aliphatic heterocycles. The minimum atomic E-state index is -0.437. The van der Waals surface area contributed by atoms with Crippen LogP contribution in [0.25, 0.3) is 0 Å². The number of amides is 2. The Labute approximate surface area is 155 Å². The Kier molecular flexibility index (Phi) is 5.46. The Morgan fingerprint density at radius 1 is 1.12 bits per heavy atom. The monoisotopic (exact) mass is 379 g/mol. The zero-order valence-electron chi connectivity index (χ0n) is 13.2. The van der Waals surface area contributed by atoms with E-state index in [2.05, 4.69) is 10.6 Å². The van der Waals surface area contributed by atoms with Crippen molar-refractivity contribution in [2.24, 2.45) is 0 Å². The number of hydrogen-bond donors (Lipinski definition) is 2. The second kappa shape index (κ2) is 7.76. The van der Waals surface area contributed by atoms with Crippen molar-refractivity contribution in [2.45, 2.75) is 6.42 Å². The van der Waals surface area contributed by atoms with Gasteiger partial charge in [0.1, 0.15) is 5.82 Å². The number of carbonyl (C=O) groups is 1. The molecule has 0 aromatic heterocycles. The molecule has 0 saturated carbocycles. The second-order valence-corrected chi connectivity index (χ2v) is 6.46. The largest absolute Gasteiger partial charge is 0.367 e. The first kappa shape index (κ1) is 17.6. The fourth-order valence-electron chi connectivity index (χ4n) is 2.57.